The van der Waals surface area contributed by atoms with Crippen molar-refractivity contribution in [3.63, 3.8) is 0 Å². The largest absolute Gasteiger partial charge is 0.486 e. The topological polar surface area (TPSA) is 60.3 Å². The average Bonchev–Trinajstić information content (AvgIpc) is 2.64. The van der Waals surface area contributed by atoms with Crippen LogP contribution in [-0.2, 0) is 6.42 Å². The van der Waals surface area contributed by atoms with Crippen LogP contribution >= 0.6 is 0 Å². The number of aryl methyl sites for hydroxylation is 1. The van der Waals surface area contributed by atoms with E-state index in [0.717, 1.165) is 23.4 Å². The lowest BCUT2D eigenvalue weighted by molar-refractivity contribution is 0.172. The number of H-pyrrole nitrogens is 1. The van der Waals surface area contributed by atoms with Crippen LogP contribution in [0, 0.1) is 6.92 Å². The van der Waals surface area contributed by atoms with Gasteiger partial charge in [-0.3, -0.25) is 0 Å². The van der Waals surface area contributed by atoms with Crippen molar-refractivity contribution in [3.05, 3.63) is 23.4 Å². The van der Waals surface area contributed by atoms with Gasteiger partial charge in [0, 0.05) is 29.1 Å². The van der Waals surface area contributed by atoms with Gasteiger partial charge in [0.1, 0.15) is 13.2 Å². The Labute approximate surface area is 99.7 Å². The Morgan fingerprint density at radius 1 is 1.24 bits per heavy atom. The molecule has 0 unspecified atom stereocenters. The third kappa shape index (κ3) is 1.65. The van der Waals surface area contributed by atoms with Crippen LogP contribution in [0.5, 0.6) is 11.5 Å². The van der Waals surface area contributed by atoms with Gasteiger partial charge in [0.25, 0.3) is 0 Å². The average molecular weight is 232 g/mol. The lowest BCUT2D eigenvalue weighted by atomic mass is 10.1. The van der Waals surface area contributed by atoms with Crippen molar-refractivity contribution in [2.45, 2.75) is 13.3 Å². The Morgan fingerprint density at radius 3 is 2.65 bits per heavy atom. The van der Waals surface area contributed by atoms with Crippen molar-refractivity contribution in [2.75, 3.05) is 19.8 Å². The van der Waals surface area contributed by atoms with E-state index in [0.29, 0.717) is 19.8 Å². The van der Waals surface area contributed by atoms with Gasteiger partial charge in [-0.25, -0.2) is 0 Å². The predicted molar refractivity (Wildman–Crippen MR) is 66.8 cm³/mol. The molecule has 2 heterocycles. The standard InChI is InChI=1S/C13H16N2O2/c1-8-9-6-12-13(17-5-4-16-12)7-11(9)15-10(8)2-3-14/h6-7,15H,2-5,14H2,1H3. The molecule has 1 aromatic carbocycles. The molecule has 0 aliphatic carbocycles. The predicted octanol–water partition coefficient (Wildman–Crippen LogP) is 1.75. The smallest absolute Gasteiger partial charge is 0.163 e. The molecule has 0 saturated heterocycles. The summed E-state index contributed by atoms with van der Waals surface area (Å²) in [6.07, 6.45) is 0.868. The Bertz CT molecular complexity index is 560. The summed E-state index contributed by atoms with van der Waals surface area (Å²) in [5.74, 6) is 1.66. The third-order valence-electron chi connectivity index (χ3n) is 3.22. The number of hydrogen-bond donors (Lipinski definition) is 2. The van der Waals surface area contributed by atoms with Gasteiger partial charge in [-0.2, -0.15) is 0 Å². The second-order valence-electron chi connectivity index (χ2n) is 4.31. The van der Waals surface area contributed by atoms with E-state index in [9.17, 15) is 0 Å². The zero-order valence-corrected chi connectivity index (χ0v) is 9.88. The highest BCUT2D eigenvalue weighted by Gasteiger charge is 2.15. The molecule has 17 heavy (non-hydrogen) atoms. The van der Waals surface area contributed by atoms with Gasteiger partial charge in [-0.1, -0.05) is 0 Å². The van der Waals surface area contributed by atoms with E-state index in [4.69, 9.17) is 15.2 Å². The third-order valence-corrected chi connectivity index (χ3v) is 3.22. The minimum absolute atomic E-state index is 0.619. The van der Waals surface area contributed by atoms with Gasteiger partial charge < -0.3 is 20.2 Å². The van der Waals surface area contributed by atoms with Crippen LogP contribution in [0.1, 0.15) is 11.3 Å². The summed E-state index contributed by atoms with van der Waals surface area (Å²) in [5, 5.41) is 1.19. The zero-order chi connectivity index (χ0) is 11.8. The van der Waals surface area contributed by atoms with Crippen LogP contribution < -0.4 is 15.2 Å². The van der Waals surface area contributed by atoms with Crippen LogP contribution in [0.3, 0.4) is 0 Å². The highest BCUT2D eigenvalue weighted by atomic mass is 16.6. The number of benzene rings is 1. The van der Waals surface area contributed by atoms with Crippen LogP contribution in [0.25, 0.3) is 10.9 Å². The van der Waals surface area contributed by atoms with Gasteiger partial charge in [-0.15, -0.1) is 0 Å². The molecule has 1 aliphatic heterocycles. The van der Waals surface area contributed by atoms with Crippen LogP contribution in [-0.4, -0.2) is 24.7 Å². The molecule has 90 valence electrons. The highest BCUT2D eigenvalue weighted by molar-refractivity contribution is 5.87. The summed E-state index contributed by atoms with van der Waals surface area (Å²) in [6, 6.07) is 4.06. The van der Waals surface area contributed by atoms with Crippen molar-refractivity contribution in [2.24, 2.45) is 5.73 Å². The number of nitrogens with one attached hydrogen (secondary N) is 1. The van der Waals surface area contributed by atoms with Crippen LogP contribution in [0.2, 0.25) is 0 Å². The summed E-state index contributed by atoms with van der Waals surface area (Å²) in [6.45, 7) is 4.01. The second-order valence-corrected chi connectivity index (χ2v) is 4.31. The van der Waals surface area contributed by atoms with Crippen LogP contribution in [0.15, 0.2) is 12.1 Å². The number of hydrogen-bond acceptors (Lipinski definition) is 3. The van der Waals surface area contributed by atoms with E-state index >= 15 is 0 Å². The minimum atomic E-state index is 0.619. The SMILES string of the molecule is Cc1c(CCN)[nH]c2cc3c(cc12)OCCO3. The Kier molecular flexibility index (Phi) is 2.44. The van der Waals surface area contributed by atoms with E-state index in [-0.39, 0.29) is 0 Å². The molecular formula is C13H16N2O2. The van der Waals surface area contributed by atoms with Gasteiger partial charge in [0.15, 0.2) is 11.5 Å². The second kappa shape index (κ2) is 3.96. The lowest BCUT2D eigenvalue weighted by Crippen LogP contribution is -2.15. The molecule has 3 N–H and O–H groups in total. The number of aromatic amines is 1. The molecule has 0 fully saturated rings. The Hall–Kier alpha value is -1.68. The van der Waals surface area contributed by atoms with Crippen molar-refractivity contribution in [1.82, 2.24) is 4.98 Å². The van der Waals surface area contributed by atoms with E-state index in [2.05, 4.69) is 18.0 Å². The molecule has 1 aliphatic rings. The molecular weight excluding hydrogens is 216 g/mol. The fourth-order valence-corrected chi connectivity index (χ4v) is 2.32. The van der Waals surface area contributed by atoms with Crippen molar-refractivity contribution < 1.29 is 9.47 Å². The quantitative estimate of drug-likeness (QED) is 0.829. The van der Waals surface area contributed by atoms with Crippen LogP contribution in [0.4, 0.5) is 0 Å². The molecule has 3 rings (SSSR count). The molecule has 0 amide bonds. The molecule has 0 bridgehead atoms. The maximum absolute atomic E-state index is 5.60. The first-order valence-corrected chi connectivity index (χ1v) is 5.90. The molecule has 4 heteroatoms. The van der Waals surface area contributed by atoms with Crippen molar-refractivity contribution >= 4 is 10.9 Å². The number of rotatable bonds is 2. The fourth-order valence-electron chi connectivity index (χ4n) is 2.32. The van der Waals surface area contributed by atoms with Gasteiger partial charge in [0.05, 0.1) is 0 Å². The van der Waals surface area contributed by atoms with E-state index in [1.165, 1.54) is 16.6 Å². The summed E-state index contributed by atoms with van der Waals surface area (Å²) in [4.78, 5) is 3.40. The summed E-state index contributed by atoms with van der Waals surface area (Å²) in [5.41, 5.74) is 9.15. The summed E-state index contributed by atoms with van der Waals surface area (Å²) in [7, 11) is 0. The van der Waals surface area contributed by atoms with Crippen molar-refractivity contribution in [3.8, 4) is 11.5 Å². The molecule has 0 radical (unpaired) electrons. The first-order chi connectivity index (χ1) is 8.29. The summed E-state index contributed by atoms with van der Waals surface area (Å²) >= 11 is 0. The Morgan fingerprint density at radius 2 is 1.94 bits per heavy atom. The van der Waals surface area contributed by atoms with E-state index < -0.39 is 0 Å². The van der Waals surface area contributed by atoms with Gasteiger partial charge in [0.2, 0.25) is 0 Å². The van der Waals surface area contributed by atoms with Gasteiger partial charge >= 0.3 is 0 Å². The number of nitrogens with two attached hydrogens (primary N) is 1. The maximum Gasteiger partial charge on any atom is 0.163 e. The van der Waals surface area contributed by atoms with Crippen molar-refractivity contribution in [1.29, 1.82) is 0 Å². The van der Waals surface area contributed by atoms with E-state index in [1.807, 2.05) is 6.07 Å². The Balaban J connectivity index is 2.16. The highest BCUT2D eigenvalue weighted by Crippen LogP contribution is 2.36. The molecule has 2 aromatic rings. The molecule has 0 atom stereocenters. The van der Waals surface area contributed by atoms with E-state index in [1.54, 1.807) is 0 Å². The number of ether oxygens (including phenoxy) is 2. The maximum atomic E-state index is 5.60. The summed E-state index contributed by atoms with van der Waals surface area (Å²) < 4.78 is 11.2. The molecule has 4 nitrogen and oxygen atoms in total. The number of aromatic nitrogens is 1. The monoisotopic (exact) mass is 232 g/mol. The minimum Gasteiger partial charge on any atom is -0.486 e. The lowest BCUT2D eigenvalue weighted by Gasteiger charge is -2.18. The molecule has 0 saturated carbocycles. The zero-order valence-electron chi connectivity index (χ0n) is 9.88. The number of fused-ring (bicyclic) bond motifs is 2. The molecule has 1 aromatic heterocycles. The first kappa shape index (κ1) is 10.5. The first-order valence-electron chi connectivity index (χ1n) is 5.90. The fraction of sp³-hybridized carbons (Fsp3) is 0.385. The molecule has 0 spiro atoms. The van der Waals surface area contributed by atoms with Gasteiger partial charge in [-0.05, 0) is 25.1 Å². The normalized spacial score (nSPS) is 14.2.